The third kappa shape index (κ3) is 1.45. The van der Waals surface area contributed by atoms with Crippen LogP contribution in [-0.4, -0.2) is 34.9 Å². The van der Waals surface area contributed by atoms with E-state index in [0.717, 1.165) is 6.42 Å². The van der Waals surface area contributed by atoms with Crippen molar-refractivity contribution in [1.29, 1.82) is 0 Å². The first-order chi connectivity index (χ1) is 9.35. The lowest BCUT2D eigenvalue weighted by molar-refractivity contribution is -0.174. The number of carbonyl (C=O) groups is 2. The molecule has 0 aromatic rings. The number of aldehydes is 1. The third-order valence-corrected chi connectivity index (χ3v) is 5.60. The van der Waals surface area contributed by atoms with E-state index in [1.165, 1.54) is 0 Å². The number of carbonyl (C=O) groups excluding carboxylic acids is 2. The molecule has 1 saturated heterocycles. The minimum atomic E-state index is -1.34. The van der Waals surface area contributed by atoms with Gasteiger partial charge in [-0.1, -0.05) is 19.9 Å². The van der Waals surface area contributed by atoms with Crippen molar-refractivity contribution >= 4 is 12.3 Å². The van der Waals surface area contributed by atoms with Crippen molar-refractivity contribution in [2.24, 2.45) is 22.7 Å². The zero-order chi connectivity index (χ0) is 14.7. The molecule has 0 unspecified atom stereocenters. The summed E-state index contributed by atoms with van der Waals surface area (Å²) in [6, 6.07) is 0. The van der Waals surface area contributed by atoms with Crippen LogP contribution in [0.4, 0.5) is 0 Å². The van der Waals surface area contributed by atoms with Gasteiger partial charge in [-0.2, -0.15) is 0 Å². The highest BCUT2D eigenvalue weighted by atomic mass is 16.6. The predicted octanol–water partition coefficient (Wildman–Crippen LogP) is 0.790. The first-order valence-corrected chi connectivity index (χ1v) is 7.08. The number of rotatable bonds is 1. The minimum absolute atomic E-state index is 0.128. The van der Waals surface area contributed by atoms with E-state index >= 15 is 0 Å². The fraction of sp³-hybridized carbons (Fsp3) is 0.733. The zero-order valence-electron chi connectivity index (χ0n) is 11.7. The number of cyclic esters (lactones) is 1. The van der Waals surface area contributed by atoms with Gasteiger partial charge in [0.05, 0.1) is 12.0 Å². The summed E-state index contributed by atoms with van der Waals surface area (Å²) >= 11 is 0. The van der Waals surface area contributed by atoms with Crippen LogP contribution in [0.1, 0.15) is 33.1 Å². The van der Waals surface area contributed by atoms with Crippen LogP contribution in [0.5, 0.6) is 0 Å². The van der Waals surface area contributed by atoms with Crippen molar-refractivity contribution in [3.63, 3.8) is 0 Å². The molecule has 0 radical (unpaired) electrons. The Morgan fingerprint density at radius 1 is 1.40 bits per heavy atom. The van der Waals surface area contributed by atoms with E-state index in [-0.39, 0.29) is 11.3 Å². The molecule has 0 aromatic carbocycles. The molecule has 0 amide bonds. The average molecular weight is 280 g/mol. The van der Waals surface area contributed by atoms with Crippen LogP contribution < -0.4 is 0 Å². The number of aliphatic hydroxyl groups is 2. The van der Waals surface area contributed by atoms with Gasteiger partial charge >= 0.3 is 5.97 Å². The van der Waals surface area contributed by atoms with E-state index in [1.807, 2.05) is 0 Å². The molecule has 5 nitrogen and oxygen atoms in total. The molecular weight excluding hydrogens is 260 g/mol. The number of aliphatic hydroxyl groups excluding tert-OH is 2. The van der Waals surface area contributed by atoms with Gasteiger partial charge in [0.25, 0.3) is 0 Å². The summed E-state index contributed by atoms with van der Waals surface area (Å²) in [6.07, 6.45) is 2.07. The highest BCUT2D eigenvalue weighted by molar-refractivity contribution is 5.86. The molecule has 3 rings (SSSR count). The lowest BCUT2D eigenvalue weighted by Crippen LogP contribution is -2.59. The zero-order valence-corrected chi connectivity index (χ0v) is 11.7. The topological polar surface area (TPSA) is 83.8 Å². The van der Waals surface area contributed by atoms with Crippen LogP contribution in [0.2, 0.25) is 0 Å². The van der Waals surface area contributed by atoms with E-state index in [4.69, 9.17) is 4.74 Å². The van der Waals surface area contributed by atoms with Crippen LogP contribution >= 0.6 is 0 Å². The maximum Gasteiger partial charge on any atom is 0.318 e. The molecule has 1 saturated carbocycles. The summed E-state index contributed by atoms with van der Waals surface area (Å²) in [5, 5.41) is 20.6. The fourth-order valence-electron chi connectivity index (χ4n) is 4.60. The number of allylic oxidation sites excluding steroid dienone is 1. The largest absolute Gasteiger partial charge is 0.435 e. The van der Waals surface area contributed by atoms with E-state index in [9.17, 15) is 19.8 Å². The SMILES string of the molecule is CC1(C)CC[C@H](O)[C@@]23C(=O)O[C@H](O)[C@H]2C(C=O)=CC[C@@H]13. The van der Waals surface area contributed by atoms with Gasteiger partial charge in [0, 0.05) is 0 Å². The number of esters is 1. The number of hydrogen-bond donors (Lipinski definition) is 2. The Balaban J connectivity index is 2.21. The summed E-state index contributed by atoms with van der Waals surface area (Å²) in [5.41, 5.74) is -0.950. The second-order valence-corrected chi connectivity index (χ2v) is 6.86. The Labute approximate surface area is 117 Å². The van der Waals surface area contributed by atoms with Gasteiger partial charge in [0.1, 0.15) is 11.7 Å². The molecule has 3 aliphatic rings. The molecular formula is C15H20O5. The van der Waals surface area contributed by atoms with Gasteiger partial charge < -0.3 is 14.9 Å². The Kier molecular flexibility index (Phi) is 2.86. The van der Waals surface area contributed by atoms with Crippen LogP contribution in [0.3, 0.4) is 0 Å². The summed E-state index contributed by atoms with van der Waals surface area (Å²) in [7, 11) is 0. The summed E-state index contributed by atoms with van der Waals surface area (Å²) in [5.74, 6) is -1.44. The van der Waals surface area contributed by atoms with Crippen molar-refractivity contribution in [3.8, 4) is 0 Å². The lowest BCUT2D eigenvalue weighted by atomic mass is 9.47. The van der Waals surface area contributed by atoms with Crippen molar-refractivity contribution in [1.82, 2.24) is 0 Å². The minimum Gasteiger partial charge on any atom is -0.435 e. The van der Waals surface area contributed by atoms with E-state index in [1.54, 1.807) is 6.08 Å². The molecule has 5 atom stereocenters. The summed E-state index contributed by atoms with van der Waals surface area (Å²) in [4.78, 5) is 23.7. The van der Waals surface area contributed by atoms with Crippen molar-refractivity contribution in [2.75, 3.05) is 0 Å². The first kappa shape index (κ1) is 13.8. The normalized spacial score (nSPS) is 46.0. The van der Waals surface area contributed by atoms with Gasteiger partial charge in [-0.25, -0.2) is 0 Å². The second-order valence-electron chi connectivity index (χ2n) is 6.86. The summed E-state index contributed by atoms with van der Waals surface area (Å²) < 4.78 is 5.02. The van der Waals surface area contributed by atoms with Gasteiger partial charge in [0.15, 0.2) is 0 Å². The van der Waals surface area contributed by atoms with Crippen molar-refractivity contribution in [2.45, 2.75) is 45.5 Å². The number of hydrogen-bond acceptors (Lipinski definition) is 5. The Hall–Kier alpha value is -1.20. The highest BCUT2D eigenvalue weighted by Gasteiger charge is 2.70. The number of ether oxygens (including phenoxy) is 1. The Morgan fingerprint density at radius 2 is 2.10 bits per heavy atom. The van der Waals surface area contributed by atoms with Crippen molar-refractivity contribution < 1.29 is 24.5 Å². The fourth-order valence-corrected chi connectivity index (χ4v) is 4.60. The quantitative estimate of drug-likeness (QED) is 0.548. The van der Waals surface area contributed by atoms with Gasteiger partial charge in [-0.05, 0) is 36.2 Å². The predicted molar refractivity (Wildman–Crippen MR) is 69.3 cm³/mol. The lowest BCUT2D eigenvalue weighted by Gasteiger charge is -2.54. The average Bonchev–Trinajstić information content (AvgIpc) is 2.67. The van der Waals surface area contributed by atoms with Crippen molar-refractivity contribution in [3.05, 3.63) is 11.6 Å². The molecule has 2 aliphatic carbocycles. The molecule has 110 valence electrons. The van der Waals surface area contributed by atoms with E-state index in [0.29, 0.717) is 24.7 Å². The molecule has 5 heteroatoms. The maximum absolute atomic E-state index is 12.4. The van der Waals surface area contributed by atoms with Gasteiger partial charge in [0.2, 0.25) is 6.29 Å². The molecule has 2 N–H and O–H groups in total. The molecule has 1 spiro atoms. The molecule has 1 aliphatic heterocycles. The maximum atomic E-state index is 12.4. The monoisotopic (exact) mass is 280 g/mol. The smallest absolute Gasteiger partial charge is 0.318 e. The molecule has 0 bridgehead atoms. The standard InChI is InChI=1S/C15H20O5/c1-14(2)6-5-10(17)15-9(14)4-3-8(7-16)11(15)12(18)20-13(15)19/h3,7,9-12,17-18H,4-6H2,1-2H3/t9-,10-,11+,12-,15+/m0/s1. The van der Waals surface area contributed by atoms with Crippen LogP contribution in [0, 0.1) is 22.7 Å². The molecule has 1 heterocycles. The van der Waals surface area contributed by atoms with Crippen LogP contribution in [0.25, 0.3) is 0 Å². The van der Waals surface area contributed by atoms with Gasteiger partial charge in [-0.15, -0.1) is 0 Å². The van der Waals surface area contributed by atoms with Crippen LogP contribution in [0.15, 0.2) is 11.6 Å². The molecule has 2 fully saturated rings. The van der Waals surface area contributed by atoms with E-state index < -0.39 is 29.7 Å². The van der Waals surface area contributed by atoms with Gasteiger partial charge in [-0.3, -0.25) is 9.59 Å². The van der Waals surface area contributed by atoms with Crippen LogP contribution in [-0.2, 0) is 14.3 Å². The Morgan fingerprint density at radius 3 is 2.75 bits per heavy atom. The Bertz CT molecular complexity index is 494. The first-order valence-electron chi connectivity index (χ1n) is 7.08. The summed E-state index contributed by atoms with van der Waals surface area (Å²) in [6.45, 7) is 4.14. The third-order valence-electron chi connectivity index (χ3n) is 5.60. The van der Waals surface area contributed by atoms with E-state index in [2.05, 4.69) is 13.8 Å². The molecule has 20 heavy (non-hydrogen) atoms. The second kappa shape index (κ2) is 4.15. The highest BCUT2D eigenvalue weighted by Crippen LogP contribution is 2.63. The molecule has 0 aromatic heterocycles.